The molecule has 0 aliphatic carbocycles. The second kappa shape index (κ2) is 8.67. The molecule has 0 bridgehead atoms. The molecule has 4 nitrogen and oxygen atoms in total. The first-order valence-electron chi connectivity index (χ1n) is 8.20. The predicted molar refractivity (Wildman–Crippen MR) is 100.0 cm³/mol. The molecule has 0 saturated heterocycles. The van der Waals surface area contributed by atoms with E-state index in [0.29, 0.717) is 17.1 Å². The number of hydrogen-bond acceptors (Lipinski definition) is 3. The van der Waals surface area contributed by atoms with E-state index in [0.717, 1.165) is 16.7 Å². The van der Waals surface area contributed by atoms with Gasteiger partial charge in [0.1, 0.15) is 0 Å². The molecule has 25 heavy (non-hydrogen) atoms. The van der Waals surface area contributed by atoms with Crippen molar-refractivity contribution in [1.82, 2.24) is 0 Å². The third kappa shape index (κ3) is 5.07. The highest BCUT2D eigenvalue weighted by atomic mass is 35.5. The molecule has 1 amide bonds. The number of hydrogen-bond donors (Lipinski definition) is 1. The number of aryl methyl sites for hydroxylation is 2. The van der Waals surface area contributed by atoms with Crippen molar-refractivity contribution in [3.63, 3.8) is 0 Å². The second-order valence-electron chi connectivity index (χ2n) is 5.97. The minimum Gasteiger partial charge on any atom is -0.455 e. The van der Waals surface area contributed by atoms with Gasteiger partial charge in [-0.1, -0.05) is 54.9 Å². The summed E-state index contributed by atoms with van der Waals surface area (Å²) in [6, 6.07) is 13.1. The van der Waals surface area contributed by atoms with Crippen molar-refractivity contribution in [3.8, 4) is 0 Å². The minimum absolute atomic E-state index is 0.341. The Morgan fingerprint density at radius 2 is 1.84 bits per heavy atom. The standard InChI is InChI=1S/C20H22ClNO3/c1-4-16(15-8-6-5-7-9-15)20(24)25-12-18(23)22-19-14(3)10-13(2)11-17(19)21/h5-11,16H,4,12H2,1-3H3,(H,22,23)/t16-/m0/s1. The molecule has 0 fully saturated rings. The quantitative estimate of drug-likeness (QED) is 0.765. The number of anilines is 1. The SMILES string of the molecule is CC[C@H](C(=O)OCC(=O)Nc1c(C)cc(C)cc1Cl)c1ccccc1. The van der Waals surface area contributed by atoms with Crippen molar-refractivity contribution in [3.05, 3.63) is 64.2 Å². The summed E-state index contributed by atoms with van der Waals surface area (Å²) >= 11 is 6.17. The maximum Gasteiger partial charge on any atom is 0.313 e. The Morgan fingerprint density at radius 1 is 1.16 bits per heavy atom. The lowest BCUT2D eigenvalue weighted by atomic mass is 9.97. The molecule has 1 atom stereocenters. The Morgan fingerprint density at radius 3 is 2.44 bits per heavy atom. The minimum atomic E-state index is -0.412. The van der Waals surface area contributed by atoms with Crippen LogP contribution < -0.4 is 5.32 Å². The highest BCUT2D eigenvalue weighted by Crippen LogP contribution is 2.27. The Labute approximate surface area is 153 Å². The molecule has 0 saturated carbocycles. The predicted octanol–water partition coefficient (Wildman–Crippen LogP) is 4.63. The first kappa shape index (κ1) is 19.0. The summed E-state index contributed by atoms with van der Waals surface area (Å²) in [6.45, 7) is 5.37. The molecule has 132 valence electrons. The molecule has 5 heteroatoms. The van der Waals surface area contributed by atoms with Gasteiger partial charge < -0.3 is 10.1 Å². The lowest BCUT2D eigenvalue weighted by molar-refractivity contribution is -0.149. The fourth-order valence-corrected chi connectivity index (χ4v) is 3.08. The van der Waals surface area contributed by atoms with Gasteiger partial charge in [0.15, 0.2) is 6.61 Å². The zero-order valence-electron chi connectivity index (χ0n) is 14.6. The summed E-state index contributed by atoms with van der Waals surface area (Å²) in [6.07, 6.45) is 0.605. The van der Waals surface area contributed by atoms with Crippen molar-refractivity contribution >= 4 is 29.2 Å². The van der Waals surface area contributed by atoms with E-state index >= 15 is 0 Å². The van der Waals surface area contributed by atoms with E-state index in [1.807, 2.05) is 57.2 Å². The largest absolute Gasteiger partial charge is 0.455 e. The maximum atomic E-state index is 12.3. The van der Waals surface area contributed by atoms with Gasteiger partial charge in [0.2, 0.25) is 0 Å². The van der Waals surface area contributed by atoms with E-state index in [9.17, 15) is 9.59 Å². The number of amides is 1. The van der Waals surface area contributed by atoms with Crippen LogP contribution in [0.2, 0.25) is 5.02 Å². The molecule has 0 aromatic heterocycles. The number of benzene rings is 2. The van der Waals surface area contributed by atoms with Gasteiger partial charge in [-0.15, -0.1) is 0 Å². The van der Waals surface area contributed by atoms with E-state index in [1.165, 1.54) is 0 Å². The zero-order chi connectivity index (χ0) is 18.4. The van der Waals surface area contributed by atoms with Crippen molar-refractivity contribution in [1.29, 1.82) is 0 Å². The summed E-state index contributed by atoms with van der Waals surface area (Å²) in [5, 5.41) is 3.18. The van der Waals surface area contributed by atoms with Gasteiger partial charge in [-0.3, -0.25) is 9.59 Å². The summed E-state index contributed by atoms with van der Waals surface area (Å²) in [4.78, 5) is 24.4. The Kier molecular flexibility index (Phi) is 6.59. The van der Waals surface area contributed by atoms with Gasteiger partial charge in [-0.25, -0.2) is 0 Å². The number of halogens is 1. The molecule has 2 aromatic carbocycles. The molecule has 0 radical (unpaired) electrons. The smallest absolute Gasteiger partial charge is 0.313 e. The molecule has 2 aromatic rings. The van der Waals surface area contributed by atoms with Crippen LogP contribution in [0.25, 0.3) is 0 Å². The van der Waals surface area contributed by atoms with Crippen molar-refractivity contribution < 1.29 is 14.3 Å². The van der Waals surface area contributed by atoms with Crippen LogP contribution in [0.5, 0.6) is 0 Å². The summed E-state index contributed by atoms with van der Waals surface area (Å²) in [5.74, 6) is -1.20. The maximum absolute atomic E-state index is 12.3. The fourth-order valence-electron chi connectivity index (χ4n) is 2.71. The van der Waals surface area contributed by atoms with E-state index in [1.54, 1.807) is 6.07 Å². The van der Waals surface area contributed by atoms with Crippen LogP contribution >= 0.6 is 11.6 Å². The molecular formula is C20H22ClNO3. The lowest BCUT2D eigenvalue weighted by Gasteiger charge is -2.15. The van der Waals surface area contributed by atoms with Crippen LogP contribution in [0.1, 0.15) is 36.0 Å². The van der Waals surface area contributed by atoms with Crippen LogP contribution in [-0.4, -0.2) is 18.5 Å². The number of nitrogens with one attached hydrogen (secondary N) is 1. The van der Waals surface area contributed by atoms with Crippen molar-refractivity contribution in [2.24, 2.45) is 0 Å². The Hall–Kier alpha value is -2.33. The monoisotopic (exact) mass is 359 g/mol. The molecular weight excluding hydrogens is 338 g/mol. The van der Waals surface area contributed by atoms with Gasteiger partial charge in [-0.05, 0) is 43.0 Å². The molecule has 0 aliphatic rings. The summed E-state index contributed by atoms with van der Waals surface area (Å²) in [7, 11) is 0. The van der Waals surface area contributed by atoms with Gasteiger partial charge >= 0.3 is 5.97 Å². The fraction of sp³-hybridized carbons (Fsp3) is 0.300. The van der Waals surface area contributed by atoms with Crippen LogP contribution in [0.4, 0.5) is 5.69 Å². The normalized spacial score (nSPS) is 11.7. The lowest BCUT2D eigenvalue weighted by Crippen LogP contribution is -2.24. The second-order valence-corrected chi connectivity index (χ2v) is 6.37. The number of esters is 1. The van der Waals surface area contributed by atoms with E-state index < -0.39 is 11.9 Å². The molecule has 0 unspecified atom stereocenters. The molecule has 0 aliphatic heterocycles. The highest BCUT2D eigenvalue weighted by molar-refractivity contribution is 6.34. The van der Waals surface area contributed by atoms with Gasteiger partial charge in [0.25, 0.3) is 5.91 Å². The molecule has 1 N–H and O–H groups in total. The van der Waals surface area contributed by atoms with Crippen molar-refractivity contribution in [2.45, 2.75) is 33.1 Å². The van der Waals surface area contributed by atoms with E-state index in [4.69, 9.17) is 16.3 Å². The first-order chi connectivity index (χ1) is 11.9. The van der Waals surface area contributed by atoms with Crippen LogP contribution in [0.15, 0.2) is 42.5 Å². The average molecular weight is 360 g/mol. The third-order valence-corrected chi connectivity index (χ3v) is 4.23. The summed E-state index contributed by atoms with van der Waals surface area (Å²) in [5.41, 5.74) is 3.30. The highest BCUT2D eigenvalue weighted by Gasteiger charge is 2.21. The number of rotatable bonds is 6. The number of ether oxygens (including phenoxy) is 1. The Balaban J connectivity index is 1.97. The third-order valence-electron chi connectivity index (χ3n) is 3.94. The van der Waals surface area contributed by atoms with Crippen LogP contribution in [0, 0.1) is 13.8 Å². The average Bonchev–Trinajstić information content (AvgIpc) is 2.58. The van der Waals surface area contributed by atoms with Crippen LogP contribution in [0.3, 0.4) is 0 Å². The molecule has 2 rings (SSSR count). The Bertz CT molecular complexity index is 736. The number of carbonyl (C=O) groups excluding carboxylic acids is 2. The topological polar surface area (TPSA) is 55.4 Å². The van der Waals surface area contributed by atoms with Gasteiger partial charge in [0.05, 0.1) is 16.6 Å². The molecule has 0 heterocycles. The molecule has 0 spiro atoms. The van der Waals surface area contributed by atoms with Gasteiger partial charge in [-0.2, -0.15) is 0 Å². The van der Waals surface area contributed by atoms with E-state index in [-0.39, 0.29) is 12.5 Å². The van der Waals surface area contributed by atoms with Crippen molar-refractivity contribution in [2.75, 3.05) is 11.9 Å². The van der Waals surface area contributed by atoms with Crippen LogP contribution in [-0.2, 0) is 14.3 Å². The number of carbonyl (C=O) groups is 2. The first-order valence-corrected chi connectivity index (χ1v) is 8.58. The zero-order valence-corrected chi connectivity index (χ0v) is 15.4. The van der Waals surface area contributed by atoms with Gasteiger partial charge in [0, 0.05) is 0 Å². The van der Waals surface area contributed by atoms with E-state index in [2.05, 4.69) is 5.32 Å². The summed E-state index contributed by atoms with van der Waals surface area (Å²) < 4.78 is 5.19.